The summed E-state index contributed by atoms with van der Waals surface area (Å²) in [6, 6.07) is 8.53. The third kappa shape index (κ3) is 10.5. The molecule has 2 rings (SSSR count). The van der Waals surface area contributed by atoms with Crippen molar-refractivity contribution in [2.45, 2.75) is 66.6 Å². The van der Waals surface area contributed by atoms with E-state index in [9.17, 15) is 9.59 Å². The molecule has 0 aliphatic heterocycles. The molecule has 37 heavy (non-hydrogen) atoms. The van der Waals surface area contributed by atoms with Gasteiger partial charge >= 0.3 is 12.1 Å². The number of rotatable bonds is 9. The number of halogens is 2. The normalized spacial score (nSPS) is 11.8. The summed E-state index contributed by atoms with van der Waals surface area (Å²) in [7, 11) is 0. The topological polar surface area (TPSA) is 92.3 Å². The number of amides is 1. The Hall–Kier alpha value is -2.30. The quantitative estimate of drug-likeness (QED) is 0.167. The van der Waals surface area contributed by atoms with Crippen molar-refractivity contribution in [3.8, 4) is 17.2 Å². The number of carbonyl (C=O) groups excluding carboxylic acids is 2. The van der Waals surface area contributed by atoms with Gasteiger partial charge in [-0.1, -0.05) is 13.8 Å². The summed E-state index contributed by atoms with van der Waals surface area (Å²) < 4.78 is 28.8. The summed E-state index contributed by atoms with van der Waals surface area (Å²) in [6.07, 6.45) is -0.710. The maximum atomic E-state index is 13.2. The predicted molar refractivity (Wildman–Crippen MR) is 150 cm³/mol. The van der Waals surface area contributed by atoms with Crippen LogP contribution in [0.5, 0.6) is 17.2 Å². The van der Waals surface area contributed by atoms with Gasteiger partial charge in [-0.25, -0.2) is 9.59 Å². The van der Waals surface area contributed by atoms with E-state index in [1.165, 1.54) is 0 Å². The van der Waals surface area contributed by atoms with Crippen LogP contribution in [-0.2, 0) is 14.2 Å². The lowest BCUT2D eigenvalue weighted by Crippen LogP contribution is -2.29. The van der Waals surface area contributed by atoms with E-state index in [-0.39, 0.29) is 18.0 Å². The smallest absolute Gasteiger partial charge is 0.412 e. The van der Waals surface area contributed by atoms with Crippen LogP contribution in [-0.4, -0.2) is 36.7 Å². The Morgan fingerprint density at radius 1 is 0.919 bits per heavy atom. The second-order valence-corrected chi connectivity index (χ2v) is 12.3. The Labute approximate surface area is 235 Å². The summed E-state index contributed by atoms with van der Waals surface area (Å²) in [4.78, 5) is 25.6. The van der Waals surface area contributed by atoms with Crippen molar-refractivity contribution in [1.82, 2.24) is 0 Å². The van der Waals surface area contributed by atoms with Gasteiger partial charge in [0.2, 0.25) is 0 Å². The van der Waals surface area contributed by atoms with Crippen molar-refractivity contribution >= 4 is 49.6 Å². The fourth-order valence-electron chi connectivity index (χ4n) is 2.85. The predicted octanol–water partition coefficient (Wildman–Crippen LogP) is 8.32. The molecule has 0 heterocycles. The molecule has 2 aromatic rings. The van der Waals surface area contributed by atoms with Crippen molar-refractivity contribution in [3.63, 3.8) is 0 Å². The standard InChI is InChI=1S/C27H35Br2NO7/c1-16(2)14-33-15-34-17-9-11-18(12-10-17)35-23-19(28)13-20(30-25(32)37-27(6,7)8)21(22(23)29)24(31)36-26(3,4)5/h9-13,16H,14-15H2,1-8H3,(H,30,32). The highest BCUT2D eigenvalue weighted by Gasteiger charge is 2.28. The zero-order chi connectivity index (χ0) is 28.0. The number of benzene rings is 2. The lowest BCUT2D eigenvalue weighted by Gasteiger charge is -2.24. The molecule has 204 valence electrons. The lowest BCUT2D eigenvalue weighted by atomic mass is 10.1. The molecule has 0 fully saturated rings. The first-order valence-electron chi connectivity index (χ1n) is 11.8. The highest BCUT2D eigenvalue weighted by Crippen LogP contribution is 2.43. The van der Waals surface area contributed by atoms with Gasteiger partial charge in [-0.15, -0.1) is 0 Å². The summed E-state index contributed by atoms with van der Waals surface area (Å²) in [5, 5.41) is 2.64. The van der Waals surface area contributed by atoms with Crippen LogP contribution < -0.4 is 14.8 Å². The van der Waals surface area contributed by atoms with Gasteiger partial charge in [-0.05, 0) is 110 Å². The van der Waals surface area contributed by atoms with Crippen LogP contribution in [0.3, 0.4) is 0 Å². The second-order valence-electron chi connectivity index (χ2n) is 10.7. The maximum absolute atomic E-state index is 13.2. The number of anilines is 1. The summed E-state index contributed by atoms with van der Waals surface area (Å²) in [6.45, 7) is 15.4. The average molecular weight is 645 g/mol. The first kappa shape index (κ1) is 30.9. The number of hydrogen-bond donors (Lipinski definition) is 1. The van der Waals surface area contributed by atoms with E-state index in [1.807, 2.05) is 0 Å². The molecule has 8 nitrogen and oxygen atoms in total. The van der Waals surface area contributed by atoms with Gasteiger partial charge in [0.15, 0.2) is 12.5 Å². The van der Waals surface area contributed by atoms with Crippen molar-refractivity contribution in [2.24, 2.45) is 5.92 Å². The number of hydrogen-bond acceptors (Lipinski definition) is 7. The van der Waals surface area contributed by atoms with Crippen LogP contribution in [0.25, 0.3) is 0 Å². The fourth-order valence-corrected chi connectivity index (χ4v) is 4.29. The van der Waals surface area contributed by atoms with Gasteiger partial charge in [-0.2, -0.15) is 0 Å². The van der Waals surface area contributed by atoms with Gasteiger partial charge < -0.3 is 23.7 Å². The number of nitrogens with one attached hydrogen (secondary N) is 1. The molecule has 2 aromatic carbocycles. The highest BCUT2D eigenvalue weighted by atomic mass is 79.9. The van der Waals surface area contributed by atoms with E-state index >= 15 is 0 Å². The monoisotopic (exact) mass is 643 g/mol. The molecule has 0 saturated carbocycles. The largest absolute Gasteiger partial charge is 0.468 e. The molecule has 0 saturated heterocycles. The minimum Gasteiger partial charge on any atom is -0.468 e. The van der Waals surface area contributed by atoms with E-state index in [2.05, 4.69) is 51.0 Å². The SMILES string of the molecule is CC(C)COCOc1ccc(Oc2c(Br)cc(NC(=O)OC(C)(C)C)c(C(=O)OC(C)(C)C)c2Br)cc1. The van der Waals surface area contributed by atoms with E-state index in [0.717, 1.165) is 0 Å². The molecule has 0 aliphatic carbocycles. The van der Waals surface area contributed by atoms with E-state index in [1.54, 1.807) is 71.9 Å². The summed E-state index contributed by atoms with van der Waals surface area (Å²) >= 11 is 6.96. The van der Waals surface area contributed by atoms with Crippen LogP contribution in [0.2, 0.25) is 0 Å². The average Bonchev–Trinajstić information content (AvgIpc) is 2.72. The van der Waals surface area contributed by atoms with Crippen LogP contribution in [0.1, 0.15) is 65.7 Å². The Balaban J connectivity index is 2.33. The third-order valence-electron chi connectivity index (χ3n) is 4.22. The van der Waals surface area contributed by atoms with Crippen molar-refractivity contribution in [3.05, 3.63) is 44.8 Å². The molecule has 0 unspecified atom stereocenters. The molecule has 0 aromatic heterocycles. The van der Waals surface area contributed by atoms with Crippen molar-refractivity contribution < 1.29 is 33.3 Å². The van der Waals surface area contributed by atoms with Gasteiger partial charge in [0.05, 0.1) is 21.2 Å². The molecule has 0 spiro atoms. The van der Waals surface area contributed by atoms with Crippen LogP contribution in [0, 0.1) is 5.92 Å². The molecule has 0 aliphatic rings. The second kappa shape index (κ2) is 13.0. The minimum absolute atomic E-state index is 0.0845. The summed E-state index contributed by atoms with van der Waals surface area (Å²) in [5.74, 6) is 1.23. The molecular formula is C27H35Br2NO7. The first-order valence-corrected chi connectivity index (χ1v) is 13.4. The van der Waals surface area contributed by atoms with Crippen LogP contribution in [0.15, 0.2) is 39.3 Å². The van der Waals surface area contributed by atoms with Crippen LogP contribution in [0.4, 0.5) is 10.5 Å². The number of carbonyl (C=O) groups is 2. The van der Waals surface area contributed by atoms with Gasteiger partial charge in [-0.3, -0.25) is 5.32 Å². The van der Waals surface area contributed by atoms with Gasteiger partial charge in [0.1, 0.15) is 28.3 Å². The summed E-state index contributed by atoms with van der Waals surface area (Å²) in [5.41, 5.74) is -1.20. The number of ether oxygens (including phenoxy) is 5. The molecule has 0 radical (unpaired) electrons. The van der Waals surface area contributed by atoms with E-state index in [0.29, 0.717) is 38.7 Å². The molecule has 0 atom stereocenters. The van der Waals surface area contributed by atoms with Gasteiger partial charge in [0.25, 0.3) is 0 Å². The first-order chi connectivity index (χ1) is 17.1. The zero-order valence-electron chi connectivity index (χ0n) is 22.5. The van der Waals surface area contributed by atoms with E-state index < -0.39 is 23.3 Å². The fraction of sp³-hybridized carbons (Fsp3) is 0.481. The van der Waals surface area contributed by atoms with Gasteiger partial charge in [0, 0.05) is 0 Å². The molecule has 1 amide bonds. The van der Waals surface area contributed by atoms with E-state index in [4.69, 9.17) is 23.7 Å². The Kier molecular flexibility index (Phi) is 10.8. The molecule has 0 bridgehead atoms. The van der Waals surface area contributed by atoms with Crippen molar-refractivity contribution in [2.75, 3.05) is 18.7 Å². The molecule has 1 N–H and O–H groups in total. The zero-order valence-corrected chi connectivity index (χ0v) is 25.7. The molecular weight excluding hydrogens is 610 g/mol. The Bertz CT molecular complexity index is 1090. The lowest BCUT2D eigenvalue weighted by molar-refractivity contribution is 0.00267. The Morgan fingerprint density at radius 2 is 1.49 bits per heavy atom. The van der Waals surface area contributed by atoms with Crippen LogP contribution >= 0.6 is 31.9 Å². The minimum atomic E-state index is -0.761. The van der Waals surface area contributed by atoms with Crippen molar-refractivity contribution in [1.29, 1.82) is 0 Å². The Morgan fingerprint density at radius 3 is 2.03 bits per heavy atom. The number of esters is 1. The highest BCUT2D eigenvalue weighted by molar-refractivity contribution is 9.11. The molecule has 10 heteroatoms. The third-order valence-corrected chi connectivity index (χ3v) is 5.56. The maximum Gasteiger partial charge on any atom is 0.412 e.